The number of benzene rings is 1. The molecule has 22 heavy (non-hydrogen) atoms. The first-order valence-corrected chi connectivity index (χ1v) is 7.47. The van der Waals surface area contributed by atoms with Gasteiger partial charge in [0.2, 0.25) is 0 Å². The molecule has 3 rings (SSSR count). The molecule has 1 saturated heterocycles. The van der Waals surface area contributed by atoms with Crippen LogP contribution < -0.4 is 0 Å². The van der Waals surface area contributed by atoms with Gasteiger partial charge in [0, 0.05) is 32.2 Å². The normalized spacial score (nSPS) is 23.3. The molecule has 1 atom stereocenters. The minimum atomic E-state index is -4.41. The van der Waals surface area contributed by atoms with E-state index in [1.54, 1.807) is 6.07 Å². The Morgan fingerprint density at radius 3 is 2.45 bits per heavy atom. The highest BCUT2D eigenvalue weighted by Gasteiger charge is 2.41. The number of nitriles is 1. The first-order valence-electron chi connectivity index (χ1n) is 7.47. The average molecular weight is 309 g/mol. The summed E-state index contributed by atoms with van der Waals surface area (Å²) in [4.78, 5) is 4.35. The smallest absolute Gasteiger partial charge is 0.304 e. The Kier molecular flexibility index (Phi) is 3.87. The maximum Gasteiger partial charge on any atom is 0.416 e. The number of halogens is 3. The highest BCUT2D eigenvalue weighted by molar-refractivity contribution is 5.49. The summed E-state index contributed by atoms with van der Waals surface area (Å²) in [5.41, 5.74) is 0.569. The fourth-order valence-electron chi connectivity index (χ4n) is 3.55. The zero-order valence-electron chi connectivity index (χ0n) is 12.5. The van der Waals surface area contributed by atoms with Crippen molar-refractivity contribution in [1.29, 1.82) is 5.26 Å². The zero-order chi connectivity index (χ0) is 15.9. The molecule has 2 aliphatic rings. The van der Waals surface area contributed by atoms with Gasteiger partial charge in [-0.15, -0.1) is 0 Å². The molecular weight excluding hydrogens is 291 g/mol. The number of hydrogen-bond donors (Lipinski definition) is 0. The van der Waals surface area contributed by atoms with E-state index in [4.69, 9.17) is 5.26 Å². The monoisotopic (exact) mass is 309 g/mol. The lowest BCUT2D eigenvalue weighted by Crippen LogP contribution is -2.45. The molecule has 0 amide bonds. The summed E-state index contributed by atoms with van der Waals surface area (Å²) in [7, 11) is 2.03. The molecule has 0 bridgehead atoms. The molecule has 0 spiro atoms. The van der Waals surface area contributed by atoms with E-state index in [0.29, 0.717) is 24.0 Å². The quantitative estimate of drug-likeness (QED) is 0.799. The molecule has 1 unspecified atom stereocenters. The van der Waals surface area contributed by atoms with Crippen molar-refractivity contribution in [2.45, 2.75) is 25.1 Å². The van der Waals surface area contributed by atoms with Crippen LogP contribution in [0.15, 0.2) is 12.1 Å². The number of likely N-dealkylation sites (N-methyl/N-ethyl adjacent to an activating group) is 1. The number of hydrogen-bond acceptors (Lipinski definition) is 3. The second kappa shape index (κ2) is 5.56. The first kappa shape index (κ1) is 15.3. The van der Waals surface area contributed by atoms with Crippen molar-refractivity contribution in [1.82, 2.24) is 9.80 Å². The van der Waals surface area contributed by atoms with Crippen molar-refractivity contribution in [3.8, 4) is 6.07 Å². The first-order chi connectivity index (χ1) is 10.4. The van der Waals surface area contributed by atoms with Crippen LogP contribution in [0.1, 0.15) is 34.7 Å². The highest BCUT2D eigenvalue weighted by atomic mass is 19.4. The van der Waals surface area contributed by atoms with E-state index in [-0.39, 0.29) is 11.6 Å². The predicted octanol–water partition coefficient (Wildman–Crippen LogP) is 2.81. The van der Waals surface area contributed by atoms with E-state index in [0.717, 1.165) is 32.2 Å². The van der Waals surface area contributed by atoms with Gasteiger partial charge < -0.3 is 4.90 Å². The third-order valence-corrected chi connectivity index (χ3v) is 4.70. The number of alkyl halides is 3. The van der Waals surface area contributed by atoms with Crippen LogP contribution in [0.4, 0.5) is 13.2 Å². The predicted molar refractivity (Wildman–Crippen MR) is 76.3 cm³/mol. The lowest BCUT2D eigenvalue weighted by molar-refractivity contribution is -0.138. The average Bonchev–Trinajstić information content (AvgIpc) is 2.89. The van der Waals surface area contributed by atoms with E-state index in [1.807, 2.05) is 13.1 Å². The van der Waals surface area contributed by atoms with Crippen LogP contribution >= 0.6 is 0 Å². The van der Waals surface area contributed by atoms with Crippen molar-refractivity contribution in [2.24, 2.45) is 0 Å². The third-order valence-electron chi connectivity index (χ3n) is 4.70. The largest absolute Gasteiger partial charge is 0.416 e. The molecule has 6 heteroatoms. The number of piperazine rings is 1. The van der Waals surface area contributed by atoms with Crippen molar-refractivity contribution in [2.75, 3.05) is 33.2 Å². The van der Waals surface area contributed by atoms with Gasteiger partial charge in [-0.1, -0.05) is 0 Å². The molecule has 118 valence electrons. The van der Waals surface area contributed by atoms with Crippen molar-refractivity contribution < 1.29 is 13.2 Å². The molecule has 1 aliphatic heterocycles. The molecular formula is C16H18F3N3. The summed E-state index contributed by atoms with van der Waals surface area (Å²) in [5.74, 6) is 0. The zero-order valence-corrected chi connectivity index (χ0v) is 12.5. The highest BCUT2D eigenvalue weighted by Crippen LogP contribution is 2.44. The SMILES string of the molecule is CN1CCN(C2CCc3cc(C#N)cc(C(F)(F)F)c32)CC1. The summed E-state index contributed by atoms with van der Waals surface area (Å²) in [5, 5.41) is 8.97. The Morgan fingerprint density at radius 1 is 1.18 bits per heavy atom. The molecule has 3 nitrogen and oxygen atoms in total. The summed E-state index contributed by atoms with van der Waals surface area (Å²) in [6, 6.07) is 4.31. The van der Waals surface area contributed by atoms with E-state index in [1.165, 1.54) is 0 Å². The Bertz CT molecular complexity index is 610. The molecule has 0 saturated carbocycles. The van der Waals surface area contributed by atoms with Crippen LogP contribution in [0.25, 0.3) is 0 Å². The molecule has 0 radical (unpaired) electrons. The van der Waals surface area contributed by atoms with Gasteiger partial charge >= 0.3 is 6.18 Å². The second-order valence-electron chi connectivity index (χ2n) is 6.10. The van der Waals surface area contributed by atoms with Crippen LogP contribution in [-0.4, -0.2) is 43.0 Å². The van der Waals surface area contributed by atoms with Gasteiger partial charge in [-0.25, -0.2) is 0 Å². The Labute approximate surface area is 127 Å². The van der Waals surface area contributed by atoms with Crippen molar-refractivity contribution in [3.63, 3.8) is 0 Å². The fourth-order valence-corrected chi connectivity index (χ4v) is 3.55. The summed E-state index contributed by atoms with van der Waals surface area (Å²) in [6.07, 6.45) is -3.09. The van der Waals surface area contributed by atoms with Gasteiger partial charge in [-0.05, 0) is 43.1 Å². The molecule has 0 aromatic heterocycles. The van der Waals surface area contributed by atoms with Crippen molar-refractivity contribution >= 4 is 0 Å². The summed E-state index contributed by atoms with van der Waals surface area (Å²) >= 11 is 0. The maximum absolute atomic E-state index is 13.4. The lowest BCUT2D eigenvalue weighted by Gasteiger charge is -2.37. The molecule has 1 aromatic carbocycles. The fraction of sp³-hybridized carbons (Fsp3) is 0.562. The van der Waals surface area contributed by atoms with E-state index in [2.05, 4.69) is 9.80 Å². The van der Waals surface area contributed by atoms with Gasteiger partial charge in [-0.2, -0.15) is 18.4 Å². The number of fused-ring (bicyclic) bond motifs is 1. The van der Waals surface area contributed by atoms with E-state index < -0.39 is 11.7 Å². The van der Waals surface area contributed by atoms with Crippen LogP contribution in [0.3, 0.4) is 0 Å². The van der Waals surface area contributed by atoms with Gasteiger partial charge in [-0.3, -0.25) is 4.90 Å². The third kappa shape index (κ3) is 2.71. The van der Waals surface area contributed by atoms with Crippen LogP contribution in [-0.2, 0) is 12.6 Å². The Balaban J connectivity index is 2.00. The number of aryl methyl sites for hydroxylation is 1. The summed E-state index contributed by atoms with van der Waals surface area (Å²) < 4.78 is 40.3. The minimum absolute atomic E-state index is 0.102. The van der Waals surface area contributed by atoms with Crippen molar-refractivity contribution in [3.05, 3.63) is 34.4 Å². The molecule has 1 heterocycles. The van der Waals surface area contributed by atoms with Gasteiger partial charge in [0.05, 0.1) is 17.2 Å². The van der Waals surface area contributed by atoms with Crippen LogP contribution in [0.2, 0.25) is 0 Å². The maximum atomic E-state index is 13.4. The number of nitrogens with zero attached hydrogens (tertiary/aromatic N) is 3. The van der Waals surface area contributed by atoms with E-state index in [9.17, 15) is 13.2 Å². The lowest BCUT2D eigenvalue weighted by atomic mass is 9.96. The second-order valence-corrected chi connectivity index (χ2v) is 6.10. The Hall–Kier alpha value is -1.58. The molecule has 1 fully saturated rings. The van der Waals surface area contributed by atoms with E-state index >= 15 is 0 Å². The number of rotatable bonds is 1. The van der Waals surface area contributed by atoms with Gasteiger partial charge in [0.15, 0.2) is 0 Å². The Morgan fingerprint density at radius 2 is 1.86 bits per heavy atom. The molecule has 0 N–H and O–H groups in total. The minimum Gasteiger partial charge on any atom is -0.304 e. The van der Waals surface area contributed by atoms with Crippen LogP contribution in [0, 0.1) is 11.3 Å². The van der Waals surface area contributed by atoms with Crippen LogP contribution in [0.5, 0.6) is 0 Å². The molecule has 1 aromatic rings. The van der Waals surface area contributed by atoms with Gasteiger partial charge in [0.1, 0.15) is 0 Å². The van der Waals surface area contributed by atoms with Gasteiger partial charge in [0.25, 0.3) is 0 Å². The topological polar surface area (TPSA) is 30.3 Å². The standard InChI is InChI=1S/C16H18F3N3/c1-21-4-6-22(7-5-21)14-3-2-12-8-11(10-20)9-13(15(12)14)16(17,18)19/h8-9,14H,2-7H2,1H3. The molecule has 1 aliphatic carbocycles. The summed E-state index contributed by atoms with van der Waals surface area (Å²) in [6.45, 7) is 3.34.